The maximum absolute atomic E-state index is 12.0. The maximum atomic E-state index is 12.0. The third-order valence-electron chi connectivity index (χ3n) is 8.72. The predicted octanol–water partition coefficient (Wildman–Crippen LogP) is 5.07. The van der Waals surface area contributed by atoms with Crippen LogP contribution in [0.5, 0.6) is 5.75 Å². The Morgan fingerprint density at radius 1 is 1.23 bits per heavy atom. The number of H-pyrrole nitrogens is 1. The molecule has 1 saturated carbocycles. The number of nitrogens with one attached hydrogen (secondary N) is 1. The topological polar surface area (TPSA) is 96.4 Å². The Bertz CT molecular complexity index is 1740. The van der Waals surface area contributed by atoms with Gasteiger partial charge in [-0.25, -0.2) is 4.79 Å². The number of aryl methyl sites for hydroxylation is 1. The molecule has 9 nitrogen and oxygen atoms in total. The number of nitrogens with zero attached hydrogens (tertiary/aromatic N) is 5. The lowest BCUT2D eigenvalue weighted by Gasteiger charge is -2.58. The number of rotatable bonds is 4. The van der Waals surface area contributed by atoms with E-state index in [1.807, 2.05) is 54.2 Å². The van der Waals surface area contributed by atoms with Crippen molar-refractivity contribution in [3.8, 4) is 28.1 Å². The molecule has 40 heavy (non-hydrogen) atoms. The second-order valence-corrected chi connectivity index (χ2v) is 11.8. The number of ether oxygens (including phenoxy) is 1. The van der Waals surface area contributed by atoms with E-state index >= 15 is 0 Å². The summed E-state index contributed by atoms with van der Waals surface area (Å²) < 4.78 is 7.63. The Morgan fingerprint density at radius 3 is 2.75 bits per heavy atom. The van der Waals surface area contributed by atoms with Gasteiger partial charge in [-0.15, -0.1) is 0 Å². The summed E-state index contributed by atoms with van der Waals surface area (Å²) in [5, 5.41) is 14.2. The van der Waals surface area contributed by atoms with Gasteiger partial charge in [-0.2, -0.15) is 10.2 Å². The van der Waals surface area contributed by atoms with E-state index in [0.717, 1.165) is 76.2 Å². The van der Waals surface area contributed by atoms with Crippen molar-refractivity contribution in [2.45, 2.75) is 32.7 Å². The van der Waals surface area contributed by atoms with Crippen LogP contribution in [0.1, 0.15) is 30.1 Å². The first-order chi connectivity index (χ1) is 19.2. The molecule has 3 aliphatic rings. The molecule has 0 radical (unpaired) electrons. The molecule has 2 fully saturated rings. The summed E-state index contributed by atoms with van der Waals surface area (Å²) in [5.74, 6) is 0.256. The summed E-state index contributed by atoms with van der Waals surface area (Å²) in [6.07, 6.45) is 5.12. The van der Waals surface area contributed by atoms with Crippen molar-refractivity contribution in [2.75, 3.05) is 31.6 Å². The van der Waals surface area contributed by atoms with Crippen LogP contribution < -0.4 is 9.64 Å². The molecule has 2 aromatic heterocycles. The van der Waals surface area contributed by atoms with Crippen LogP contribution in [-0.2, 0) is 9.59 Å². The third-order valence-corrected chi connectivity index (χ3v) is 9.21. The first-order valence-corrected chi connectivity index (χ1v) is 13.7. The van der Waals surface area contributed by atoms with Gasteiger partial charge >= 0.3 is 5.97 Å². The van der Waals surface area contributed by atoms with Gasteiger partial charge in [-0.05, 0) is 62.6 Å². The van der Waals surface area contributed by atoms with Crippen molar-refractivity contribution in [1.82, 2.24) is 24.9 Å². The Hall–Kier alpha value is -4.11. The number of likely N-dealkylation sites (N-methyl/N-ethyl adjacent to an activating group) is 1. The van der Waals surface area contributed by atoms with Crippen molar-refractivity contribution in [3.05, 3.63) is 59.4 Å². The zero-order chi connectivity index (χ0) is 27.9. The molecule has 4 heterocycles. The number of aromatic amines is 1. The number of aromatic nitrogens is 4. The third kappa shape index (κ3) is 3.60. The normalized spacial score (nSPS) is 17.9. The van der Waals surface area contributed by atoms with Crippen molar-refractivity contribution in [1.29, 1.82) is 0 Å². The van der Waals surface area contributed by atoms with E-state index in [2.05, 4.69) is 28.4 Å². The molecule has 2 aromatic carbocycles. The minimum atomic E-state index is -0.277. The first-order valence-electron chi connectivity index (χ1n) is 13.4. The van der Waals surface area contributed by atoms with Gasteiger partial charge in [0.15, 0.2) is 5.75 Å². The molecule has 0 bridgehead atoms. The molecule has 0 unspecified atom stereocenters. The highest BCUT2D eigenvalue weighted by Gasteiger charge is 2.54. The number of carbonyl (C=O) groups is 2. The molecular weight excluding hydrogens is 528 g/mol. The maximum Gasteiger partial charge on any atom is 0.330 e. The monoisotopic (exact) mass is 556 g/mol. The summed E-state index contributed by atoms with van der Waals surface area (Å²) in [5.41, 5.74) is 7.48. The lowest BCUT2D eigenvalue weighted by molar-refractivity contribution is -0.149. The van der Waals surface area contributed by atoms with Gasteiger partial charge in [0.25, 0.3) is 0 Å². The summed E-state index contributed by atoms with van der Waals surface area (Å²) in [6.45, 7) is 9.43. The molecule has 1 saturated heterocycles. The largest absolute Gasteiger partial charge is 0.423 e. The lowest BCUT2D eigenvalue weighted by Crippen LogP contribution is -2.63. The standard InChI is InChI=1S/C30H29ClN6O3/c1-5-24(38)36-14-30(15-36)10-19(11-30)37-17(3)26(27-20-12-32-33-21(20)8-16(2)28(27)31)29(34-37)18-6-7-23-22(9-18)35(4)13-25(39)40-23/h5-9,12,19H,1,10-11,13-15H2,2-4H3,(H,32,33). The predicted molar refractivity (Wildman–Crippen MR) is 154 cm³/mol. The fourth-order valence-electron chi connectivity index (χ4n) is 6.72. The minimum Gasteiger partial charge on any atom is -0.423 e. The van der Waals surface area contributed by atoms with Gasteiger partial charge < -0.3 is 14.5 Å². The number of amides is 1. The number of fused-ring (bicyclic) bond motifs is 2. The van der Waals surface area contributed by atoms with Gasteiger partial charge in [0.05, 0.1) is 28.5 Å². The highest BCUT2D eigenvalue weighted by Crippen LogP contribution is 2.55. The average Bonchev–Trinajstić information content (AvgIpc) is 3.47. The van der Waals surface area contributed by atoms with E-state index in [9.17, 15) is 9.59 Å². The fraction of sp³-hybridized carbons (Fsp3) is 0.333. The molecule has 4 aromatic rings. The number of hydrogen-bond donors (Lipinski definition) is 1. The fourth-order valence-corrected chi connectivity index (χ4v) is 6.97. The van der Waals surface area contributed by atoms with Crippen LogP contribution in [0.3, 0.4) is 0 Å². The van der Waals surface area contributed by atoms with Gasteiger partial charge in [0.1, 0.15) is 12.2 Å². The second kappa shape index (κ2) is 8.69. The lowest BCUT2D eigenvalue weighted by atomic mass is 9.60. The van der Waals surface area contributed by atoms with E-state index in [0.29, 0.717) is 10.8 Å². The van der Waals surface area contributed by atoms with Crippen molar-refractivity contribution < 1.29 is 14.3 Å². The second-order valence-electron chi connectivity index (χ2n) is 11.4. The Balaban J connectivity index is 1.35. The average molecular weight is 557 g/mol. The Labute approximate surface area is 236 Å². The summed E-state index contributed by atoms with van der Waals surface area (Å²) >= 11 is 7.03. The number of carbonyl (C=O) groups excluding carboxylic acids is 2. The zero-order valence-corrected chi connectivity index (χ0v) is 23.4. The van der Waals surface area contributed by atoms with Crippen LogP contribution in [0, 0.1) is 19.3 Å². The van der Waals surface area contributed by atoms with Crippen molar-refractivity contribution in [2.24, 2.45) is 5.41 Å². The number of anilines is 1. The van der Waals surface area contributed by atoms with Gasteiger partial charge in [0.2, 0.25) is 5.91 Å². The number of benzene rings is 2. The van der Waals surface area contributed by atoms with Crippen molar-refractivity contribution >= 4 is 40.1 Å². The highest BCUT2D eigenvalue weighted by molar-refractivity contribution is 6.36. The summed E-state index contributed by atoms with van der Waals surface area (Å²) in [6, 6.07) is 8.04. The molecule has 0 atom stereocenters. The van der Waals surface area contributed by atoms with E-state index in [1.165, 1.54) is 6.08 Å². The molecule has 204 valence electrons. The molecule has 1 amide bonds. The van der Waals surface area contributed by atoms with E-state index < -0.39 is 0 Å². The molecule has 7 rings (SSSR count). The molecule has 1 N–H and O–H groups in total. The molecular formula is C30H29ClN6O3. The van der Waals surface area contributed by atoms with E-state index in [1.54, 1.807) is 0 Å². The van der Waals surface area contributed by atoms with Gasteiger partial charge in [-0.3, -0.25) is 14.6 Å². The Morgan fingerprint density at radius 2 is 2.00 bits per heavy atom. The smallest absolute Gasteiger partial charge is 0.330 e. The number of halogens is 1. The van der Waals surface area contributed by atoms with Crippen LogP contribution in [0.2, 0.25) is 5.02 Å². The SMILES string of the molecule is C=CC(=O)N1CC2(CC(n3nc(-c4ccc5c(c4)N(C)CC(=O)O5)c(-c4c(Cl)c(C)cc5[nH]ncc45)c3C)C2)C1. The molecule has 10 heteroatoms. The van der Waals surface area contributed by atoms with E-state index in [4.69, 9.17) is 21.4 Å². The number of esters is 1. The van der Waals surface area contributed by atoms with Crippen LogP contribution >= 0.6 is 11.6 Å². The molecule has 1 spiro atoms. The van der Waals surface area contributed by atoms with Crippen LogP contribution in [-0.4, -0.2) is 63.4 Å². The van der Waals surface area contributed by atoms with Crippen LogP contribution in [0.25, 0.3) is 33.3 Å². The highest BCUT2D eigenvalue weighted by atomic mass is 35.5. The summed E-state index contributed by atoms with van der Waals surface area (Å²) in [7, 11) is 1.88. The summed E-state index contributed by atoms with van der Waals surface area (Å²) in [4.78, 5) is 27.8. The van der Waals surface area contributed by atoms with Crippen LogP contribution in [0.15, 0.2) is 43.1 Å². The molecule has 1 aliphatic carbocycles. The van der Waals surface area contributed by atoms with Gasteiger partial charge in [0, 0.05) is 53.3 Å². The van der Waals surface area contributed by atoms with Gasteiger partial charge in [-0.1, -0.05) is 18.2 Å². The molecule has 2 aliphatic heterocycles. The number of likely N-dealkylation sites (tertiary alicyclic amines) is 1. The van der Waals surface area contributed by atoms with E-state index in [-0.39, 0.29) is 29.9 Å². The Kier molecular flexibility index (Phi) is 5.41. The zero-order valence-electron chi connectivity index (χ0n) is 22.6. The van der Waals surface area contributed by atoms with Crippen LogP contribution in [0.4, 0.5) is 5.69 Å². The first kappa shape index (κ1) is 24.9. The van der Waals surface area contributed by atoms with Crippen molar-refractivity contribution in [3.63, 3.8) is 0 Å². The number of hydrogen-bond acceptors (Lipinski definition) is 6. The quantitative estimate of drug-likeness (QED) is 0.214. The minimum absolute atomic E-state index is 0.00445.